The highest BCUT2D eigenvalue weighted by Gasteiger charge is 2.66. The second-order valence-electron chi connectivity index (χ2n) is 9.67. The van der Waals surface area contributed by atoms with Crippen molar-refractivity contribution in [3.63, 3.8) is 0 Å². The molecule has 0 aromatic carbocycles. The Morgan fingerprint density at radius 3 is 2.88 bits per heavy atom. The Kier molecular flexibility index (Phi) is 2.98. The lowest BCUT2D eigenvalue weighted by Crippen LogP contribution is -2.54. The third-order valence-electron chi connectivity index (χ3n) is 8.80. The minimum atomic E-state index is -0.848. The summed E-state index contributed by atoms with van der Waals surface area (Å²) in [4.78, 5) is 11.9. The molecule has 5 rings (SSSR count). The first kappa shape index (κ1) is 15.4. The van der Waals surface area contributed by atoms with Crippen molar-refractivity contribution in [1.82, 2.24) is 5.32 Å². The summed E-state index contributed by atoms with van der Waals surface area (Å²) < 4.78 is 0. The van der Waals surface area contributed by atoms with Gasteiger partial charge in [-0.2, -0.15) is 0 Å². The van der Waals surface area contributed by atoms with Gasteiger partial charge in [-0.3, -0.25) is 4.79 Å². The Bertz CT molecular complexity index is 630. The van der Waals surface area contributed by atoms with Crippen LogP contribution in [0.3, 0.4) is 0 Å². The van der Waals surface area contributed by atoms with Crippen LogP contribution in [0.4, 0.5) is 0 Å². The number of aliphatic hydroxyl groups is 2. The zero-order valence-corrected chi connectivity index (χ0v) is 14.6. The van der Waals surface area contributed by atoms with Gasteiger partial charge in [-0.15, -0.1) is 0 Å². The van der Waals surface area contributed by atoms with Crippen LogP contribution < -0.4 is 5.32 Å². The van der Waals surface area contributed by atoms with Crippen molar-refractivity contribution in [1.29, 1.82) is 0 Å². The molecule has 24 heavy (non-hydrogen) atoms. The predicted octanol–water partition coefficient (Wildman–Crippen LogP) is 2.15. The van der Waals surface area contributed by atoms with Crippen molar-refractivity contribution in [2.24, 2.45) is 28.6 Å². The van der Waals surface area contributed by atoms with Crippen molar-refractivity contribution < 1.29 is 15.0 Å². The van der Waals surface area contributed by atoms with Crippen LogP contribution in [0.15, 0.2) is 11.6 Å². The Hall–Kier alpha value is -0.870. The molecule has 1 amide bonds. The number of hydrogen-bond donors (Lipinski definition) is 3. The van der Waals surface area contributed by atoms with Crippen molar-refractivity contribution in [3.05, 3.63) is 11.6 Å². The van der Waals surface area contributed by atoms with E-state index in [1.807, 2.05) is 6.08 Å². The van der Waals surface area contributed by atoms with Crippen LogP contribution in [0.25, 0.3) is 0 Å². The highest BCUT2D eigenvalue weighted by atomic mass is 16.3. The van der Waals surface area contributed by atoms with E-state index in [1.54, 1.807) is 0 Å². The Balaban J connectivity index is 1.53. The lowest BCUT2D eigenvalue weighted by molar-refractivity contribution is -0.116. The summed E-state index contributed by atoms with van der Waals surface area (Å²) in [7, 11) is 0. The standard InChI is InChI=1S/C20H29NO3/c1-18-6-5-15-13(8-17(23)21-15)14(18)4-7-19-9-12(2-3-16(18)19)20(24,10-19)11-22/h8,12,14-16,22,24H,2-7,9-11H2,1H3,(H,21,23). The van der Waals surface area contributed by atoms with Gasteiger partial charge in [0.25, 0.3) is 0 Å². The van der Waals surface area contributed by atoms with Crippen molar-refractivity contribution >= 4 is 5.91 Å². The lowest BCUT2D eigenvalue weighted by atomic mass is 9.44. The molecule has 7 atom stereocenters. The summed E-state index contributed by atoms with van der Waals surface area (Å²) >= 11 is 0. The van der Waals surface area contributed by atoms with Gasteiger partial charge >= 0.3 is 0 Å². The average molecular weight is 331 g/mol. The molecule has 0 saturated heterocycles. The molecule has 2 bridgehead atoms. The zero-order chi connectivity index (χ0) is 16.7. The number of nitrogens with one attached hydrogen (secondary N) is 1. The summed E-state index contributed by atoms with van der Waals surface area (Å²) in [6.07, 6.45) is 10.5. The van der Waals surface area contributed by atoms with E-state index in [0.29, 0.717) is 11.8 Å². The molecule has 4 fully saturated rings. The molecule has 1 heterocycles. The van der Waals surface area contributed by atoms with E-state index in [1.165, 1.54) is 18.4 Å². The minimum absolute atomic E-state index is 0.0854. The molecule has 4 heteroatoms. The Morgan fingerprint density at radius 1 is 1.25 bits per heavy atom. The first-order chi connectivity index (χ1) is 11.4. The van der Waals surface area contributed by atoms with E-state index in [4.69, 9.17) is 0 Å². The van der Waals surface area contributed by atoms with Crippen LogP contribution in [-0.2, 0) is 4.79 Å². The molecule has 4 aliphatic carbocycles. The molecule has 0 radical (unpaired) electrons. The number of amides is 1. The first-order valence-corrected chi connectivity index (χ1v) is 9.75. The molecule has 4 saturated carbocycles. The summed E-state index contributed by atoms with van der Waals surface area (Å²) in [6, 6.07) is 0.277. The second kappa shape index (κ2) is 4.64. The van der Waals surface area contributed by atoms with E-state index < -0.39 is 5.60 Å². The fourth-order valence-electron chi connectivity index (χ4n) is 7.88. The van der Waals surface area contributed by atoms with E-state index in [0.717, 1.165) is 38.5 Å². The van der Waals surface area contributed by atoms with Gasteiger partial charge in [0, 0.05) is 6.08 Å². The summed E-state index contributed by atoms with van der Waals surface area (Å²) in [5.74, 6) is 1.52. The summed E-state index contributed by atoms with van der Waals surface area (Å²) in [5.41, 5.74) is 0.980. The molecule has 4 nitrogen and oxygen atoms in total. The summed E-state index contributed by atoms with van der Waals surface area (Å²) in [5, 5.41) is 23.9. The van der Waals surface area contributed by atoms with Crippen molar-refractivity contribution in [2.75, 3.05) is 6.61 Å². The number of carbonyl (C=O) groups is 1. The van der Waals surface area contributed by atoms with Crippen molar-refractivity contribution in [3.8, 4) is 0 Å². The number of aliphatic hydroxyl groups excluding tert-OH is 1. The van der Waals surface area contributed by atoms with Gasteiger partial charge in [0.1, 0.15) is 0 Å². The van der Waals surface area contributed by atoms with Crippen LogP contribution in [0, 0.1) is 28.6 Å². The van der Waals surface area contributed by atoms with E-state index in [9.17, 15) is 15.0 Å². The largest absolute Gasteiger partial charge is 0.393 e. The van der Waals surface area contributed by atoms with Gasteiger partial charge in [0.05, 0.1) is 18.2 Å². The number of hydrogen-bond acceptors (Lipinski definition) is 3. The molecular weight excluding hydrogens is 302 g/mol. The molecule has 1 aliphatic heterocycles. The maximum Gasteiger partial charge on any atom is 0.244 e. The molecule has 5 aliphatic rings. The lowest BCUT2D eigenvalue weighted by Gasteiger charge is -2.61. The summed E-state index contributed by atoms with van der Waals surface area (Å²) in [6.45, 7) is 2.37. The fourth-order valence-corrected chi connectivity index (χ4v) is 7.88. The first-order valence-electron chi connectivity index (χ1n) is 9.75. The predicted molar refractivity (Wildman–Crippen MR) is 90.0 cm³/mol. The topological polar surface area (TPSA) is 69.6 Å². The molecule has 0 aromatic heterocycles. The van der Waals surface area contributed by atoms with E-state index >= 15 is 0 Å². The van der Waals surface area contributed by atoms with E-state index in [-0.39, 0.29) is 35.3 Å². The van der Waals surface area contributed by atoms with Gasteiger partial charge in [0.2, 0.25) is 5.91 Å². The zero-order valence-electron chi connectivity index (χ0n) is 14.6. The monoisotopic (exact) mass is 331 g/mol. The van der Waals surface area contributed by atoms with Gasteiger partial charge in [0.15, 0.2) is 0 Å². The average Bonchev–Trinajstić information content (AvgIpc) is 3.02. The maximum atomic E-state index is 11.9. The Labute approximate surface area is 143 Å². The van der Waals surface area contributed by atoms with Crippen LogP contribution in [-0.4, -0.2) is 34.4 Å². The highest BCUT2D eigenvalue weighted by molar-refractivity contribution is 5.92. The van der Waals surface area contributed by atoms with E-state index in [2.05, 4.69) is 12.2 Å². The quantitative estimate of drug-likeness (QED) is 0.689. The van der Waals surface area contributed by atoms with Crippen LogP contribution >= 0.6 is 0 Å². The molecular formula is C20H29NO3. The molecule has 132 valence electrons. The normalized spacial score (nSPS) is 55.3. The maximum absolute atomic E-state index is 11.9. The van der Waals surface area contributed by atoms with Crippen LogP contribution in [0.2, 0.25) is 0 Å². The second-order valence-corrected chi connectivity index (χ2v) is 9.67. The number of fused-ring (bicyclic) bond motifs is 5. The van der Waals surface area contributed by atoms with Gasteiger partial charge in [-0.25, -0.2) is 0 Å². The smallest absolute Gasteiger partial charge is 0.244 e. The molecule has 0 aromatic rings. The minimum Gasteiger partial charge on any atom is -0.393 e. The van der Waals surface area contributed by atoms with Crippen LogP contribution in [0.1, 0.15) is 58.3 Å². The third-order valence-corrected chi connectivity index (χ3v) is 8.80. The number of rotatable bonds is 1. The fraction of sp³-hybridized carbons (Fsp3) is 0.850. The molecule has 3 N–H and O–H groups in total. The van der Waals surface area contributed by atoms with Gasteiger partial charge in [-0.1, -0.05) is 6.92 Å². The number of carbonyl (C=O) groups excluding carboxylic acids is 1. The van der Waals surface area contributed by atoms with Crippen molar-refractivity contribution in [2.45, 2.75) is 69.9 Å². The molecule has 7 unspecified atom stereocenters. The molecule has 1 spiro atoms. The SMILES string of the molecule is CC12CCC3NC(=O)C=C3C1CCC13CC(CCC12)C(O)(CO)C3. The highest BCUT2D eigenvalue weighted by Crippen LogP contribution is 2.71. The third kappa shape index (κ3) is 1.74. The van der Waals surface area contributed by atoms with Gasteiger partial charge < -0.3 is 15.5 Å². The van der Waals surface area contributed by atoms with Crippen LogP contribution in [0.5, 0.6) is 0 Å². The van der Waals surface area contributed by atoms with Gasteiger partial charge in [-0.05, 0) is 85.5 Å². The Morgan fingerprint density at radius 2 is 2.08 bits per heavy atom.